The standard InChI is InChI=1S/C12H24N2O3S/c1-9(2)11(14(3)4)7-13-12(15)10-5-6-18(16,17)8-10/h9-11H,5-8H2,1-4H3,(H,13,15)/t10-,11+/m0/s1. The summed E-state index contributed by atoms with van der Waals surface area (Å²) in [4.78, 5) is 14.0. The fourth-order valence-corrected chi connectivity index (χ4v) is 4.11. The molecule has 1 aliphatic heterocycles. The Labute approximate surface area is 110 Å². The van der Waals surface area contributed by atoms with Crippen molar-refractivity contribution in [2.24, 2.45) is 11.8 Å². The van der Waals surface area contributed by atoms with Crippen molar-refractivity contribution in [3.63, 3.8) is 0 Å². The molecule has 5 nitrogen and oxygen atoms in total. The molecule has 1 amide bonds. The molecule has 1 N–H and O–H groups in total. The number of likely N-dealkylation sites (N-methyl/N-ethyl adjacent to an activating group) is 1. The minimum atomic E-state index is -2.98. The van der Waals surface area contributed by atoms with Gasteiger partial charge in [0.05, 0.1) is 17.4 Å². The van der Waals surface area contributed by atoms with Crippen molar-refractivity contribution in [2.45, 2.75) is 26.3 Å². The van der Waals surface area contributed by atoms with Crippen molar-refractivity contribution in [3.8, 4) is 0 Å². The molecule has 0 aromatic carbocycles. The van der Waals surface area contributed by atoms with Gasteiger partial charge in [0.15, 0.2) is 9.84 Å². The molecular weight excluding hydrogens is 252 g/mol. The molecule has 0 aromatic heterocycles. The number of hydrogen-bond acceptors (Lipinski definition) is 4. The van der Waals surface area contributed by atoms with Crippen LogP contribution in [0.15, 0.2) is 0 Å². The molecule has 0 unspecified atom stereocenters. The van der Waals surface area contributed by atoms with E-state index in [9.17, 15) is 13.2 Å². The van der Waals surface area contributed by atoms with Crippen LogP contribution in [-0.2, 0) is 14.6 Å². The summed E-state index contributed by atoms with van der Waals surface area (Å²) in [7, 11) is 0.983. The van der Waals surface area contributed by atoms with Crippen LogP contribution in [0.25, 0.3) is 0 Å². The first kappa shape index (κ1) is 15.4. The first-order valence-electron chi connectivity index (χ1n) is 6.37. The van der Waals surface area contributed by atoms with E-state index in [1.54, 1.807) is 0 Å². The Bertz CT molecular complexity index is 382. The summed E-state index contributed by atoms with van der Waals surface area (Å²) in [5, 5.41) is 2.88. The predicted molar refractivity (Wildman–Crippen MR) is 72.1 cm³/mol. The zero-order valence-corrected chi connectivity index (χ0v) is 12.5. The number of carbonyl (C=O) groups is 1. The lowest BCUT2D eigenvalue weighted by Gasteiger charge is -2.28. The largest absolute Gasteiger partial charge is 0.354 e. The third-order valence-corrected chi connectivity index (χ3v) is 5.29. The second-order valence-corrected chi connectivity index (χ2v) is 7.85. The van der Waals surface area contributed by atoms with E-state index in [-0.39, 0.29) is 29.4 Å². The van der Waals surface area contributed by atoms with E-state index in [0.29, 0.717) is 18.9 Å². The van der Waals surface area contributed by atoms with Crippen LogP contribution < -0.4 is 5.32 Å². The van der Waals surface area contributed by atoms with Crippen LogP contribution in [0.5, 0.6) is 0 Å². The van der Waals surface area contributed by atoms with Crippen molar-refractivity contribution in [1.29, 1.82) is 0 Å². The average Bonchev–Trinajstić information content (AvgIpc) is 2.57. The molecule has 1 saturated heterocycles. The van der Waals surface area contributed by atoms with E-state index in [2.05, 4.69) is 24.1 Å². The van der Waals surface area contributed by atoms with Gasteiger partial charge in [0, 0.05) is 12.6 Å². The SMILES string of the molecule is CC(C)[C@@H](CNC(=O)[C@H]1CCS(=O)(=O)C1)N(C)C. The van der Waals surface area contributed by atoms with Crippen LogP contribution in [0.4, 0.5) is 0 Å². The van der Waals surface area contributed by atoms with Crippen LogP contribution in [0.2, 0.25) is 0 Å². The normalized spacial score (nSPS) is 24.4. The summed E-state index contributed by atoms with van der Waals surface area (Å²) in [5.74, 6) is 0.112. The molecule has 0 radical (unpaired) electrons. The maximum atomic E-state index is 11.9. The average molecular weight is 276 g/mol. The number of nitrogens with one attached hydrogen (secondary N) is 1. The lowest BCUT2D eigenvalue weighted by atomic mass is 10.0. The summed E-state index contributed by atoms with van der Waals surface area (Å²) in [5.41, 5.74) is 0. The fourth-order valence-electron chi connectivity index (χ4n) is 2.37. The topological polar surface area (TPSA) is 66.5 Å². The Balaban J connectivity index is 2.46. The zero-order chi connectivity index (χ0) is 13.9. The molecule has 0 aliphatic carbocycles. The summed E-state index contributed by atoms with van der Waals surface area (Å²) in [6, 6.07) is 0.270. The molecule has 0 spiro atoms. The lowest BCUT2D eigenvalue weighted by molar-refractivity contribution is -0.124. The van der Waals surface area contributed by atoms with E-state index in [0.717, 1.165) is 0 Å². The Kier molecular flexibility index (Phi) is 5.16. The number of carbonyl (C=O) groups excluding carboxylic acids is 1. The van der Waals surface area contributed by atoms with Crippen molar-refractivity contribution >= 4 is 15.7 Å². The van der Waals surface area contributed by atoms with Gasteiger partial charge in [-0.2, -0.15) is 0 Å². The molecule has 106 valence electrons. The van der Waals surface area contributed by atoms with E-state index in [4.69, 9.17) is 0 Å². The van der Waals surface area contributed by atoms with E-state index in [1.807, 2.05) is 14.1 Å². The molecular formula is C12H24N2O3S. The van der Waals surface area contributed by atoms with Gasteiger partial charge in [0.1, 0.15) is 0 Å². The second kappa shape index (κ2) is 6.02. The molecule has 1 aliphatic rings. The van der Waals surface area contributed by atoms with Gasteiger partial charge in [0.2, 0.25) is 5.91 Å². The molecule has 1 rings (SSSR count). The monoisotopic (exact) mass is 276 g/mol. The van der Waals surface area contributed by atoms with Gasteiger partial charge in [-0.15, -0.1) is 0 Å². The van der Waals surface area contributed by atoms with Crippen molar-refractivity contribution < 1.29 is 13.2 Å². The van der Waals surface area contributed by atoms with Crippen LogP contribution in [0.3, 0.4) is 0 Å². The van der Waals surface area contributed by atoms with Crippen LogP contribution in [-0.4, -0.2) is 57.4 Å². The number of hydrogen-bond donors (Lipinski definition) is 1. The van der Waals surface area contributed by atoms with E-state index in [1.165, 1.54) is 0 Å². The first-order chi connectivity index (χ1) is 8.23. The highest BCUT2D eigenvalue weighted by Gasteiger charge is 2.33. The summed E-state index contributed by atoms with van der Waals surface area (Å²) >= 11 is 0. The molecule has 6 heteroatoms. The Morgan fingerprint density at radius 2 is 2.00 bits per heavy atom. The first-order valence-corrected chi connectivity index (χ1v) is 8.19. The maximum Gasteiger partial charge on any atom is 0.224 e. The molecule has 0 bridgehead atoms. The van der Waals surface area contributed by atoms with E-state index >= 15 is 0 Å². The van der Waals surface area contributed by atoms with Gasteiger partial charge < -0.3 is 10.2 Å². The van der Waals surface area contributed by atoms with Crippen LogP contribution >= 0.6 is 0 Å². The highest BCUT2D eigenvalue weighted by molar-refractivity contribution is 7.91. The van der Waals surface area contributed by atoms with Gasteiger partial charge in [-0.25, -0.2) is 8.42 Å². The van der Waals surface area contributed by atoms with Crippen molar-refractivity contribution in [2.75, 3.05) is 32.1 Å². The number of amides is 1. The number of sulfone groups is 1. The smallest absolute Gasteiger partial charge is 0.224 e. The highest BCUT2D eigenvalue weighted by Crippen LogP contribution is 2.18. The molecule has 0 saturated carbocycles. The molecule has 1 fully saturated rings. The maximum absolute atomic E-state index is 11.9. The number of nitrogens with zero attached hydrogens (tertiary/aromatic N) is 1. The van der Waals surface area contributed by atoms with Gasteiger partial charge in [0.25, 0.3) is 0 Å². The van der Waals surface area contributed by atoms with Crippen LogP contribution in [0, 0.1) is 11.8 Å². The summed E-state index contributed by atoms with van der Waals surface area (Å²) < 4.78 is 22.6. The number of rotatable bonds is 5. The van der Waals surface area contributed by atoms with Crippen molar-refractivity contribution in [3.05, 3.63) is 0 Å². The third-order valence-electron chi connectivity index (χ3n) is 3.52. The van der Waals surface area contributed by atoms with Gasteiger partial charge in [-0.3, -0.25) is 4.79 Å². The van der Waals surface area contributed by atoms with Gasteiger partial charge in [-0.1, -0.05) is 13.8 Å². The minimum absolute atomic E-state index is 0.00709. The molecule has 2 atom stereocenters. The highest BCUT2D eigenvalue weighted by atomic mass is 32.2. The lowest BCUT2D eigenvalue weighted by Crippen LogP contribution is -2.45. The quantitative estimate of drug-likeness (QED) is 0.775. The Morgan fingerprint density at radius 1 is 1.39 bits per heavy atom. The van der Waals surface area contributed by atoms with Crippen molar-refractivity contribution in [1.82, 2.24) is 10.2 Å². The Hall–Kier alpha value is -0.620. The fraction of sp³-hybridized carbons (Fsp3) is 0.917. The molecule has 1 heterocycles. The van der Waals surface area contributed by atoms with E-state index < -0.39 is 9.84 Å². The molecule has 0 aromatic rings. The molecule has 18 heavy (non-hydrogen) atoms. The van der Waals surface area contributed by atoms with Crippen LogP contribution in [0.1, 0.15) is 20.3 Å². The Morgan fingerprint density at radius 3 is 2.39 bits per heavy atom. The minimum Gasteiger partial charge on any atom is -0.354 e. The summed E-state index contributed by atoms with van der Waals surface area (Å²) in [6.45, 7) is 4.79. The zero-order valence-electron chi connectivity index (χ0n) is 11.6. The predicted octanol–water partition coefficient (Wildman–Crippen LogP) is 0.124. The summed E-state index contributed by atoms with van der Waals surface area (Å²) in [6.07, 6.45) is 0.461. The second-order valence-electron chi connectivity index (χ2n) is 5.62. The van der Waals surface area contributed by atoms with Gasteiger partial charge in [-0.05, 0) is 26.4 Å². The van der Waals surface area contributed by atoms with Gasteiger partial charge >= 0.3 is 0 Å². The third kappa shape index (κ3) is 4.24.